The Balaban J connectivity index is 0.000000810. The fourth-order valence-electron chi connectivity index (χ4n) is 0.662. The molecule has 0 N–H and O–H groups in total. The van der Waals surface area contributed by atoms with Crippen molar-refractivity contribution in [1.29, 1.82) is 0 Å². The van der Waals surface area contributed by atoms with Gasteiger partial charge in [-0.3, -0.25) is 0 Å². The van der Waals surface area contributed by atoms with Crippen molar-refractivity contribution in [2.75, 3.05) is 19.0 Å². The van der Waals surface area contributed by atoms with Gasteiger partial charge in [-0.15, -0.1) is 0 Å². The maximum absolute atomic E-state index is 3.09. The minimum absolute atomic E-state index is 0. The van der Waals surface area contributed by atoms with Crippen molar-refractivity contribution in [2.24, 2.45) is 0 Å². The van der Waals surface area contributed by atoms with Crippen LogP contribution >= 0.6 is 0 Å². The molecule has 0 aliphatic rings. The number of rotatable bonds is 1. The molecule has 46 valence electrons. The summed E-state index contributed by atoms with van der Waals surface area (Å²) in [4.78, 5) is 2.03. The fourth-order valence-corrected chi connectivity index (χ4v) is 0.662. The monoisotopic (exact) mass is 125 g/mol. The zero-order valence-corrected chi connectivity index (χ0v) is 6.76. The van der Waals surface area contributed by atoms with Gasteiger partial charge in [0.05, 0.1) is 0 Å². The first kappa shape index (κ1) is 9.81. The predicted molar refractivity (Wildman–Crippen MR) is 41.0 cm³/mol. The van der Waals surface area contributed by atoms with Crippen LogP contribution in [0.4, 0.5) is 5.69 Å². The van der Waals surface area contributed by atoms with Crippen molar-refractivity contribution < 1.29 is 18.9 Å². The van der Waals surface area contributed by atoms with Crippen LogP contribution in [0.2, 0.25) is 0 Å². The average molecular weight is 125 g/mol. The van der Waals surface area contributed by atoms with E-state index in [0.29, 0.717) is 0 Å². The first-order valence-electron chi connectivity index (χ1n) is 2.95. The Morgan fingerprint density at radius 3 is 2.50 bits per heavy atom. The largest absolute Gasteiger partial charge is 1.00 e. The Morgan fingerprint density at radius 1 is 1.50 bits per heavy atom. The van der Waals surface area contributed by atoms with E-state index in [9.17, 15) is 0 Å². The third-order valence-electron chi connectivity index (χ3n) is 1.17. The second-order valence-corrected chi connectivity index (χ2v) is 2.14. The molecule has 0 aliphatic carbocycles. The molecule has 0 amide bonds. The summed E-state index contributed by atoms with van der Waals surface area (Å²) in [6, 6.07) is 4.03. The van der Waals surface area contributed by atoms with Crippen LogP contribution in [0.1, 0.15) is 0 Å². The van der Waals surface area contributed by atoms with Crippen molar-refractivity contribution >= 4 is 12.6 Å². The third-order valence-corrected chi connectivity index (χ3v) is 1.17. The second-order valence-electron chi connectivity index (χ2n) is 2.14. The van der Waals surface area contributed by atoms with Gasteiger partial charge in [-0.05, 0) is 0 Å². The van der Waals surface area contributed by atoms with E-state index >= 15 is 0 Å². The molecule has 0 saturated heterocycles. The van der Waals surface area contributed by atoms with Crippen molar-refractivity contribution in [3.05, 3.63) is 24.1 Å². The summed E-state index contributed by atoms with van der Waals surface area (Å²) >= 11 is 0. The fraction of sp³-hybridized carbons (Fsp3) is 0.286. The first-order chi connectivity index (χ1) is 4.30. The van der Waals surface area contributed by atoms with E-state index in [4.69, 9.17) is 0 Å². The molecule has 0 unspecified atom stereocenters. The molecule has 0 aliphatic heterocycles. The molecule has 3 heteroatoms. The molecule has 0 saturated carbocycles. The molecule has 0 fully saturated rings. The van der Waals surface area contributed by atoms with E-state index in [2.05, 4.69) is 5.96 Å². The minimum atomic E-state index is 0. The third kappa shape index (κ3) is 2.60. The Morgan fingerprint density at radius 2 is 2.20 bits per heavy atom. The molecule has 0 bridgehead atoms. The first-order valence-corrected chi connectivity index (χ1v) is 2.95. The van der Waals surface area contributed by atoms with Crippen LogP contribution in [0.15, 0.2) is 18.1 Å². The molecule has 10 heavy (non-hydrogen) atoms. The van der Waals surface area contributed by atoms with Crippen LogP contribution in [0.3, 0.4) is 0 Å². The number of hydrogen-bond donors (Lipinski definition) is 0. The summed E-state index contributed by atoms with van der Waals surface area (Å²) < 4.78 is 0. The Kier molecular flexibility index (Phi) is 4.51. The van der Waals surface area contributed by atoms with Gasteiger partial charge in [-0.2, -0.15) is 0 Å². The summed E-state index contributed by atoms with van der Waals surface area (Å²) in [5, 5.41) is 0. The maximum atomic E-state index is 3.09. The number of nitrogens with zero attached hydrogens (tertiary/aromatic N) is 1. The molecule has 0 spiro atoms. The van der Waals surface area contributed by atoms with Gasteiger partial charge in [0, 0.05) is 0 Å². The Bertz CT molecular complexity index is 176. The second kappa shape index (κ2) is 4.60. The molecular formula is C7H9BLiN. The smallest absolute Gasteiger partial charge is 1.00 e. The quantitative estimate of drug-likeness (QED) is 0.307. The molecule has 0 aromatic carbocycles. The van der Waals surface area contributed by atoms with E-state index in [1.807, 2.05) is 44.0 Å². The Hall–Kier alpha value is -0.188. The number of hydrogen-bond acceptors (Lipinski definition) is 1. The molecule has 1 aromatic rings. The zero-order valence-electron chi connectivity index (χ0n) is 6.76. The van der Waals surface area contributed by atoms with E-state index < -0.39 is 0 Å². The van der Waals surface area contributed by atoms with Crippen LogP contribution < -0.4 is 23.8 Å². The van der Waals surface area contributed by atoms with Crippen molar-refractivity contribution in [3.8, 4) is 0 Å². The van der Waals surface area contributed by atoms with Gasteiger partial charge in [-0.1, -0.05) is 0 Å². The molecular weight excluding hydrogens is 116 g/mol. The zero-order chi connectivity index (χ0) is 6.69. The molecule has 1 rings (SSSR count). The van der Waals surface area contributed by atoms with Crippen LogP contribution in [0, 0.1) is 5.96 Å². The summed E-state index contributed by atoms with van der Waals surface area (Å²) in [5.41, 5.74) is 1.12. The summed E-state index contributed by atoms with van der Waals surface area (Å²) in [6.45, 7) is 1.91. The average Bonchev–Trinajstić information content (AvgIpc) is 1.90. The van der Waals surface area contributed by atoms with Crippen molar-refractivity contribution in [3.63, 3.8) is 0 Å². The standard InChI is InChI=1S/C7H9BN.Li/c1-9(2)7-4-3-5-8-6-7;/h3-5H,1-2H3;/q-1;+1. The SMILES string of the molecule is CN(C)c1[c-]bccc1.[Li+]. The van der Waals surface area contributed by atoms with E-state index in [-0.39, 0.29) is 18.9 Å². The van der Waals surface area contributed by atoms with Crippen molar-refractivity contribution in [1.82, 2.24) is 0 Å². The van der Waals surface area contributed by atoms with Gasteiger partial charge in [0.25, 0.3) is 0 Å². The van der Waals surface area contributed by atoms with Gasteiger partial charge in [0.2, 0.25) is 0 Å². The van der Waals surface area contributed by atoms with E-state index in [1.165, 1.54) is 0 Å². The van der Waals surface area contributed by atoms with Gasteiger partial charge >= 0.3 is 74.5 Å². The summed E-state index contributed by atoms with van der Waals surface area (Å²) in [6.07, 6.45) is 0. The van der Waals surface area contributed by atoms with Gasteiger partial charge in [0.15, 0.2) is 0 Å². The van der Waals surface area contributed by atoms with Crippen LogP contribution in [0.25, 0.3) is 0 Å². The molecule has 0 atom stereocenters. The predicted octanol–water partition coefficient (Wildman–Crippen LogP) is -2.11. The number of anilines is 1. The summed E-state index contributed by atoms with van der Waals surface area (Å²) in [7, 11) is 4.01. The van der Waals surface area contributed by atoms with E-state index in [0.717, 1.165) is 5.69 Å². The van der Waals surface area contributed by atoms with Crippen LogP contribution in [0.5, 0.6) is 0 Å². The maximum Gasteiger partial charge on any atom is 1.00 e. The molecule has 1 aromatic heterocycles. The molecule has 1 nitrogen and oxygen atoms in total. The minimum Gasteiger partial charge on any atom is 1.00 e. The Labute approximate surface area is 74.8 Å². The van der Waals surface area contributed by atoms with Crippen molar-refractivity contribution in [2.45, 2.75) is 0 Å². The van der Waals surface area contributed by atoms with Gasteiger partial charge in [0.1, 0.15) is 0 Å². The normalized spacial score (nSPS) is 7.80. The van der Waals surface area contributed by atoms with Crippen LogP contribution in [-0.2, 0) is 0 Å². The summed E-state index contributed by atoms with van der Waals surface area (Å²) in [5.74, 6) is 5.06. The van der Waals surface area contributed by atoms with Gasteiger partial charge in [-0.25, -0.2) is 0 Å². The topological polar surface area (TPSA) is 3.24 Å². The molecule has 1 heterocycles. The van der Waals surface area contributed by atoms with E-state index in [1.54, 1.807) is 0 Å². The molecule has 0 radical (unpaired) electrons. The van der Waals surface area contributed by atoms with Crippen LogP contribution in [-0.4, -0.2) is 21.0 Å². The van der Waals surface area contributed by atoms with Gasteiger partial charge < -0.3 is 0 Å².